The smallest absolute Gasteiger partial charge is 0.416 e. The quantitative estimate of drug-likeness (QED) is 0.154. The standard InChI is InChI=1S/C39H39F3N4O5/c1-24(2)26-8-10-27(11-9-26)31-20-43-37(44-21-31)28-6-4-25(5-7-28)22-46(23-36(48)49)38(50)29-12-15-32(16-13-29)45-35(47)18-30-14-17-33(51-3)19-34(30)39(40,41)42/h4-7,10,12-17,19-21,24,26H,8-9,11,18,22-23H2,1-3H3,(H,45,47)(H,48,49). The summed E-state index contributed by atoms with van der Waals surface area (Å²) >= 11 is 0. The molecule has 4 aromatic rings. The van der Waals surface area contributed by atoms with E-state index in [0.29, 0.717) is 23.2 Å². The lowest BCUT2D eigenvalue weighted by Crippen LogP contribution is -2.35. The van der Waals surface area contributed by atoms with Crippen molar-refractivity contribution in [3.05, 3.63) is 113 Å². The number of nitrogens with zero attached hydrogens (tertiary/aromatic N) is 3. The molecule has 5 rings (SSSR count). The van der Waals surface area contributed by atoms with Gasteiger partial charge in [-0.2, -0.15) is 13.2 Å². The Balaban J connectivity index is 1.21. The lowest BCUT2D eigenvalue weighted by atomic mass is 9.81. The minimum absolute atomic E-state index is 0.0125. The van der Waals surface area contributed by atoms with Gasteiger partial charge in [0.1, 0.15) is 12.3 Å². The topological polar surface area (TPSA) is 122 Å². The molecule has 1 aliphatic rings. The Labute approximate surface area is 294 Å². The number of hydrogen-bond acceptors (Lipinski definition) is 6. The SMILES string of the molecule is COc1ccc(CC(=O)Nc2ccc(C(=O)N(CC(=O)O)Cc3ccc(-c4ncc(C5=CCC(C(C)C)CC5)cn4)cc3)cc2)c(C(F)(F)F)c1. The van der Waals surface area contributed by atoms with Gasteiger partial charge in [-0.1, -0.05) is 50.3 Å². The average Bonchev–Trinajstić information content (AvgIpc) is 3.11. The molecule has 2 N–H and O–H groups in total. The van der Waals surface area contributed by atoms with Crippen molar-refractivity contribution >= 4 is 29.0 Å². The van der Waals surface area contributed by atoms with E-state index in [1.165, 1.54) is 54.0 Å². The first kappa shape index (κ1) is 36.8. The van der Waals surface area contributed by atoms with Gasteiger partial charge in [0.15, 0.2) is 5.82 Å². The number of carboxylic acid groups (broad SMARTS) is 1. The number of ether oxygens (including phenoxy) is 1. The first-order valence-electron chi connectivity index (χ1n) is 16.6. The molecule has 0 saturated heterocycles. The number of alkyl halides is 3. The summed E-state index contributed by atoms with van der Waals surface area (Å²) in [5, 5.41) is 12.1. The molecule has 1 heterocycles. The largest absolute Gasteiger partial charge is 0.497 e. The van der Waals surface area contributed by atoms with E-state index in [1.807, 2.05) is 24.5 Å². The van der Waals surface area contributed by atoms with Gasteiger partial charge in [0.05, 0.1) is 19.1 Å². The Kier molecular flexibility index (Phi) is 11.5. The number of amides is 2. The fourth-order valence-electron chi connectivity index (χ4n) is 6.06. The molecule has 51 heavy (non-hydrogen) atoms. The van der Waals surface area contributed by atoms with Crippen molar-refractivity contribution in [2.45, 2.75) is 52.3 Å². The van der Waals surface area contributed by atoms with Crippen LogP contribution in [-0.2, 0) is 28.7 Å². The number of anilines is 1. The Hall–Kier alpha value is -5.52. The molecular weight excluding hydrogens is 661 g/mol. The number of carbonyl (C=O) groups excluding carboxylic acids is 2. The van der Waals surface area contributed by atoms with E-state index >= 15 is 0 Å². The van der Waals surface area contributed by atoms with E-state index in [2.05, 4.69) is 35.2 Å². The summed E-state index contributed by atoms with van der Waals surface area (Å²) in [6.45, 7) is 3.98. The summed E-state index contributed by atoms with van der Waals surface area (Å²) in [5.41, 5.74) is 2.98. The van der Waals surface area contributed by atoms with Crippen molar-refractivity contribution in [2.24, 2.45) is 11.8 Å². The molecule has 3 aromatic carbocycles. The third-order valence-electron chi connectivity index (χ3n) is 9.00. The summed E-state index contributed by atoms with van der Waals surface area (Å²) in [7, 11) is 1.25. The number of halogens is 3. The number of hydrogen-bond donors (Lipinski definition) is 2. The number of rotatable bonds is 12. The summed E-state index contributed by atoms with van der Waals surface area (Å²) in [6, 6.07) is 16.3. The molecule has 266 valence electrons. The van der Waals surface area contributed by atoms with E-state index in [9.17, 15) is 32.7 Å². The minimum atomic E-state index is -4.68. The molecule has 0 radical (unpaired) electrons. The number of benzene rings is 3. The summed E-state index contributed by atoms with van der Waals surface area (Å²) < 4.78 is 45.6. The van der Waals surface area contributed by atoms with Crippen molar-refractivity contribution in [3.8, 4) is 17.1 Å². The number of methoxy groups -OCH3 is 1. The number of aliphatic carboxylic acids is 1. The highest BCUT2D eigenvalue weighted by Crippen LogP contribution is 2.35. The molecule has 1 atom stereocenters. The van der Waals surface area contributed by atoms with Crippen LogP contribution < -0.4 is 10.1 Å². The van der Waals surface area contributed by atoms with Crippen LogP contribution in [0.4, 0.5) is 18.9 Å². The molecule has 0 aliphatic heterocycles. The molecule has 9 nitrogen and oxygen atoms in total. The fraction of sp³-hybridized carbons (Fsp3) is 0.308. The molecule has 0 saturated carbocycles. The van der Waals surface area contributed by atoms with Crippen LogP contribution in [0.1, 0.15) is 65.7 Å². The second-order valence-corrected chi connectivity index (χ2v) is 12.9. The summed E-state index contributed by atoms with van der Waals surface area (Å²) in [6.07, 6.45) is 3.97. The Morgan fingerprint density at radius 2 is 1.67 bits per heavy atom. The molecule has 12 heteroatoms. The van der Waals surface area contributed by atoms with Gasteiger partial charge < -0.3 is 20.1 Å². The zero-order valence-electron chi connectivity index (χ0n) is 28.5. The van der Waals surface area contributed by atoms with Gasteiger partial charge >= 0.3 is 12.1 Å². The van der Waals surface area contributed by atoms with Gasteiger partial charge in [-0.15, -0.1) is 0 Å². The monoisotopic (exact) mass is 700 g/mol. The van der Waals surface area contributed by atoms with Crippen LogP contribution in [0, 0.1) is 11.8 Å². The second-order valence-electron chi connectivity index (χ2n) is 12.9. The van der Waals surface area contributed by atoms with Crippen LogP contribution >= 0.6 is 0 Å². The van der Waals surface area contributed by atoms with Crippen LogP contribution in [0.15, 0.2) is 85.2 Å². The number of carboxylic acids is 1. The maximum atomic E-state index is 13.6. The molecule has 2 amide bonds. The van der Waals surface area contributed by atoms with Gasteiger partial charge in [-0.3, -0.25) is 14.4 Å². The Bertz CT molecular complexity index is 1890. The molecule has 0 spiro atoms. The molecule has 0 fully saturated rings. The van der Waals surface area contributed by atoms with Crippen molar-refractivity contribution in [1.82, 2.24) is 14.9 Å². The third-order valence-corrected chi connectivity index (χ3v) is 9.00. The maximum Gasteiger partial charge on any atom is 0.416 e. The molecule has 0 bridgehead atoms. The number of nitrogens with one attached hydrogen (secondary N) is 1. The zero-order chi connectivity index (χ0) is 36.7. The first-order valence-corrected chi connectivity index (χ1v) is 16.6. The van der Waals surface area contributed by atoms with Crippen molar-refractivity contribution in [1.29, 1.82) is 0 Å². The van der Waals surface area contributed by atoms with Crippen LogP contribution in [-0.4, -0.2) is 51.4 Å². The van der Waals surface area contributed by atoms with Gasteiger partial charge in [-0.05, 0) is 84.2 Å². The molecule has 1 aromatic heterocycles. The Morgan fingerprint density at radius 3 is 2.24 bits per heavy atom. The van der Waals surface area contributed by atoms with E-state index in [-0.39, 0.29) is 29.1 Å². The fourth-order valence-corrected chi connectivity index (χ4v) is 6.06. The molecule has 1 unspecified atom stereocenters. The van der Waals surface area contributed by atoms with Gasteiger partial charge in [0.25, 0.3) is 5.91 Å². The Morgan fingerprint density at radius 1 is 0.980 bits per heavy atom. The van der Waals surface area contributed by atoms with Gasteiger partial charge in [0.2, 0.25) is 5.91 Å². The normalized spacial score (nSPS) is 14.5. The number of carbonyl (C=O) groups is 3. The number of allylic oxidation sites excluding steroid dienone is 2. The molecular formula is C39H39F3N4O5. The lowest BCUT2D eigenvalue weighted by Gasteiger charge is -2.24. The highest BCUT2D eigenvalue weighted by atomic mass is 19.4. The second kappa shape index (κ2) is 16.0. The average molecular weight is 701 g/mol. The van der Waals surface area contributed by atoms with E-state index in [1.54, 1.807) is 12.1 Å². The molecule has 1 aliphatic carbocycles. The predicted molar refractivity (Wildman–Crippen MR) is 187 cm³/mol. The lowest BCUT2D eigenvalue weighted by molar-refractivity contribution is -0.139. The summed E-state index contributed by atoms with van der Waals surface area (Å²) in [5.74, 6) is -0.502. The van der Waals surface area contributed by atoms with Crippen LogP contribution in [0.5, 0.6) is 5.75 Å². The summed E-state index contributed by atoms with van der Waals surface area (Å²) in [4.78, 5) is 48.0. The van der Waals surface area contributed by atoms with Crippen molar-refractivity contribution < 1.29 is 37.4 Å². The first-order chi connectivity index (χ1) is 24.3. The maximum absolute atomic E-state index is 13.6. The van der Waals surface area contributed by atoms with E-state index in [4.69, 9.17) is 4.74 Å². The number of aromatic nitrogens is 2. The van der Waals surface area contributed by atoms with Crippen molar-refractivity contribution in [2.75, 3.05) is 19.0 Å². The zero-order valence-corrected chi connectivity index (χ0v) is 28.5. The highest BCUT2D eigenvalue weighted by Gasteiger charge is 2.34. The van der Waals surface area contributed by atoms with E-state index < -0.39 is 42.5 Å². The van der Waals surface area contributed by atoms with Crippen LogP contribution in [0.25, 0.3) is 17.0 Å². The van der Waals surface area contributed by atoms with Crippen LogP contribution in [0.3, 0.4) is 0 Å². The predicted octanol–water partition coefficient (Wildman–Crippen LogP) is 7.92. The van der Waals surface area contributed by atoms with Gasteiger partial charge in [0, 0.05) is 41.3 Å². The third kappa shape index (κ3) is 9.59. The van der Waals surface area contributed by atoms with Crippen molar-refractivity contribution in [3.63, 3.8) is 0 Å². The van der Waals surface area contributed by atoms with Gasteiger partial charge in [-0.25, -0.2) is 9.97 Å². The minimum Gasteiger partial charge on any atom is -0.497 e. The highest BCUT2D eigenvalue weighted by molar-refractivity contribution is 5.97. The van der Waals surface area contributed by atoms with E-state index in [0.717, 1.165) is 36.5 Å². The van der Waals surface area contributed by atoms with Crippen LogP contribution in [0.2, 0.25) is 0 Å².